The van der Waals surface area contributed by atoms with Gasteiger partial charge >= 0.3 is 0 Å². The van der Waals surface area contributed by atoms with Crippen LogP contribution >= 0.6 is 22.9 Å². The van der Waals surface area contributed by atoms with Crippen LogP contribution in [0.2, 0.25) is 5.02 Å². The van der Waals surface area contributed by atoms with Gasteiger partial charge in [-0.2, -0.15) is 0 Å². The van der Waals surface area contributed by atoms with Gasteiger partial charge in [-0.25, -0.2) is 0 Å². The minimum absolute atomic E-state index is 0.00887. The quantitative estimate of drug-likeness (QED) is 0.505. The van der Waals surface area contributed by atoms with E-state index in [1.807, 2.05) is 48.7 Å². The van der Waals surface area contributed by atoms with E-state index in [0.717, 1.165) is 16.1 Å². The van der Waals surface area contributed by atoms with Gasteiger partial charge < -0.3 is 15.1 Å². The van der Waals surface area contributed by atoms with E-state index in [-0.39, 0.29) is 30.7 Å². The third-order valence-corrected chi connectivity index (χ3v) is 7.24. The van der Waals surface area contributed by atoms with E-state index in [1.54, 1.807) is 36.2 Å². The lowest BCUT2D eigenvalue weighted by Crippen LogP contribution is -2.49. The van der Waals surface area contributed by atoms with Gasteiger partial charge in [-0.15, -0.1) is 11.3 Å². The molecule has 1 saturated heterocycles. The first-order valence-corrected chi connectivity index (χ1v) is 12.3. The van der Waals surface area contributed by atoms with Crippen molar-refractivity contribution in [3.05, 3.63) is 81.5 Å². The summed E-state index contributed by atoms with van der Waals surface area (Å²) in [5.41, 5.74) is 2.36. The lowest BCUT2D eigenvalue weighted by molar-refractivity contribution is -0.139. The van der Waals surface area contributed by atoms with Gasteiger partial charge in [0.1, 0.15) is 0 Å². The molecule has 3 amide bonds. The molecule has 2 atom stereocenters. The van der Waals surface area contributed by atoms with Gasteiger partial charge in [0.15, 0.2) is 0 Å². The van der Waals surface area contributed by atoms with Crippen molar-refractivity contribution in [3.63, 3.8) is 0 Å². The number of aryl methyl sites for hydroxylation is 1. The number of benzene rings is 2. The first kappa shape index (κ1) is 24.0. The lowest BCUT2D eigenvalue weighted by atomic mass is 9.86. The Kier molecular flexibility index (Phi) is 7.34. The van der Waals surface area contributed by atoms with Crippen LogP contribution in [-0.2, 0) is 14.4 Å². The van der Waals surface area contributed by atoms with Crippen molar-refractivity contribution in [2.24, 2.45) is 5.92 Å². The number of rotatable bonds is 6. The average molecular weight is 496 g/mol. The number of thiophene rings is 1. The van der Waals surface area contributed by atoms with E-state index in [9.17, 15) is 14.4 Å². The third-order valence-electron chi connectivity index (χ3n) is 5.97. The minimum atomic E-state index is -0.462. The predicted molar refractivity (Wildman–Crippen MR) is 136 cm³/mol. The highest BCUT2D eigenvalue weighted by Crippen LogP contribution is 2.42. The fourth-order valence-corrected chi connectivity index (χ4v) is 5.34. The summed E-state index contributed by atoms with van der Waals surface area (Å²) >= 11 is 7.66. The third kappa shape index (κ3) is 5.16. The fourth-order valence-electron chi connectivity index (χ4n) is 4.27. The zero-order chi connectivity index (χ0) is 24.2. The van der Waals surface area contributed by atoms with Crippen LogP contribution in [0.1, 0.15) is 29.3 Å². The molecule has 0 saturated carbocycles. The van der Waals surface area contributed by atoms with Gasteiger partial charge in [0, 0.05) is 24.0 Å². The molecule has 0 radical (unpaired) electrons. The number of para-hydroxylation sites is 1. The highest BCUT2D eigenvalue weighted by atomic mass is 35.5. The molecule has 34 heavy (non-hydrogen) atoms. The number of carbonyl (C=O) groups is 3. The largest absolute Gasteiger partial charge is 0.336 e. The molecule has 3 aromatic rings. The number of likely N-dealkylation sites (N-methyl/N-ethyl adjacent to an activating group) is 1. The summed E-state index contributed by atoms with van der Waals surface area (Å²) in [6.45, 7) is 1.88. The first-order valence-electron chi connectivity index (χ1n) is 11.1. The van der Waals surface area contributed by atoms with Crippen LogP contribution in [-0.4, -0.2) is 36.2 Å². The molecule has 2 aromatic carbocycles. The van der Waals surface area contributed by atoms with Gasteiger partial charge in [0.2, 0.25) is 17.7 Å². The van der Waals surface area contributed by atoms with Crippen LogP contribution < -0.4 is 10.2 Å². The monoisotopic (exact) mass is 495 g/mol. The molecule has 1 fully saturated rings. The summed E-state index contributed by atoms with van der Waals surface area (Å²) in [6, 6.07) is 18.2. The van der Waals surface area contributed by atoms with Gasteiger partial charge in [-0.3, -0.25) is 14.4 Å². The van der Waals surface area contributed by atoms with Crippen molar-refractivity contribution in [1.82, 2.24) is 4.90 Å². The number of halogens is 1. The van der Waals surface area contributed by atoms with Gasteiger partial charge in [0.25, 0.3) is 0 Å². The molecule has 176 valence electrons. The van der Waals surface area contributed by atoms with E-state index in [1.165, 1.54) is 16.2 Å². The van der Waals surface area contributed by atoms with Gasteiger partial charge in [0.05, 0.1) is 29.2 Å². The van der Waals surface area contributed by atoms with Crippen molar-refractivity contribution in [2.75, 3.05) is 23.8 Å². The highest BCUT2D eigenvalue weighted by molar-refractivity contribution is 7.10. The number of amides is 3. The molecule has 6 nitrogen and oxygen atoms in total. The van der Waals surface area contributed by atoms with Crippen LogP contribution in [0.3, 0.4) is 0 Å². The van der Waals surface area contributed by atoms with E-state index >= 15 is 0 Å². The molecule has 0 spiro atoms. The van der Waals surface area contributed by atoms with Crippen LogP contribution in [0.25, 0.3) is 0 Å². The fraction of sp³-hybridized carbons (Fsp3) is 0.269. The highest BCUT2D eigenvalue weighted by Gasteiger charge is 2.43. The molecule has 2 heterocycles. The van der Waals surface area contributed by atoms with Crippen LogP contribution in [0, 0.1) is 12.8 Å². The zero-order valence-electron chi connectivity index (χ0n) is 19.0. The number of carbonyl (C=O) groups excluding carboxylic acids is 3. The maximum Gasteiger partial charge on any atom is 0.244 e. The molecule has 1 aromatic heterocycles. The molecule has 4 rings (SSSR count). The summed E-state index contributed by atoms with van der Waals surface area (Å²) in [5, 5.41) is 5.14. The van der Waals surface area contributed by atoms with Crippen molar-refractivity contribution in [2.45, 2.75) is 25.8 Å². The van der Waals surface area contributed by atoms with E-state index in [4.69, 9.17) is 11.6 Å². The topological polar surface area (TPSA) is 69.7 Å². The Morgan fingerprint density at radius 2 is 1.85 bits per heavy atom. The normalized spacial score (nSPS) is 18.0. The molecular formula is C26H26ClN3O3S. The number of nitrogens with one attached hydrogen (secondary N) is 1. The standard InChI is InChI=1S/C26H26ClN3O3S/c1-17-9-11-18(12-10-17)30-24(32)14-13-19(25(30)22-8-5-15-34-22)26(33)29(2)16-23(31)28-21-7-4-3-6-20(21)27/h3-12,15,19,25H,13-14,16H2,1-2H3,(H,28,31). The van der Waals surface area contributed by atoms with E-state index in [2.05, 4.69) is 5.32 Å². The van der Waals surface area contributed by atoms with Crippen LogP contribution in [0.15, 0.2) is 66.0 Å². The number of anilines is 2. The second-order valence-electron chi connectivity index (χ2n) is 8.43. The molecule has 0 aliphatic carbocycles. The molecule has 1 aliphatic heterocycles. The summed E-state index contributed by atoms with van der Waals surface area (Å²) in [4.78, 5) is 43.4. The second kappa shape index (κ2) is 10.4. The average Bonchev–Trinajstić information content (AvgIpc) is 3.35. The Labute approximate surface area is 208 Å². The smallest absolute Gasteiger partial charge is 0.244 e. The first-order chi connectivity index (χ1) is 16.3. The SMILES string of the molecule is Cc1ccc(N2C(=O)CCC(C(=O)N(C)CC(=O)Nc3ccccc3Cl)C2c2cccs2)cc1. The Morgan fingerprint density at radius 3 is 2.53 bits per heavy atom. The van der Waals surface area contributed by atoms with E-state index < -0.39 is 12.0 Å². The van der Waals surface area contributed by atoms with Crippen molar-refractivity contribution in [3.8, 4) is 0 Å². The maximum absolute atomic E-state index is 13.6. The Hall–Kier alpha value is -3.16. The number of hydrogen-bond acceptors (Lipinski definition) is 4. The Morgan fingerprint density at radius 1 is 1.12 bits per heavy atom. The molecular weight excluding hydrogens is 470 g/mol. The maximum atomic E-state index is 13.6. The predicted octanol–water partition coefficient (Wildman–Crippen LogP) is 5.29. The summed E-state index contributed by atoms with van der Waals surface area (Å²) in [6.07, 6.45) is 0.699. The molecule has 1 aliphatic rings. The summed E-state index contributed by atoms with van der Waals surface area (Å²) < 4.78 is 0. The molecule has 2 unspecified atom stereocenters. The molecule has 8 heteroatoms. The number of nitrogens with zero attached hydrogens (tertiary/aromatic N) is 2. The summed E-state index contributed by atoms with van der Waals surface area (Å²) in [7, 11) is 1.62. The van der Waals surface area contributed by atoms with Crippen molar-refractivity contribution < 1.29 is 14.4 Å². The minimum Gasteiger partial charge on any atom is -0.336 e. The molecule has 1 N–H and O–H groups in total. The van der Waals surface area contributed by atoms with E-state index in [0.29, 0.717) is 17.1 Å². The van der Waals surface area contributed by atoms with Crippen LogP contribution in [0.4, 0.5) is 11.4 Å². The Balaban J connectivity index is 1.56. The lowest BCUT2D eigenvalue weighted by Gasteiger charge is -2.41. The van der Waals surface area contributed by atoms with Crippen LogP contribution in [0.5, 0.6) is 0 Å². The second-order valence-corrected chi connectivity index (χ2v) is 9.81. The van der Waals surface area contributed by atoms with Gasteiger partial charge in [-0.1, -0.05) is 47.5 Å². The number of hydrogen-bond donors (Lipinski definition) is 1. The molecule has 0 bridgehead atoms. The van der Waals surface area contributed by atoms with Crippen molar-refractivity contribution >= 4 is 52.0 Å². The summed E-state index contributed by atoms with van der Waals surface area (Å²) in [5.74, 6) is -0.975. The number of piperidine rings is 1. The Bertz CT molecular complexity index is 1180. The zero-order valence-corrected chi connectivity index (χ0v) is 20.6. The van der Waals surface area contributed by atoms with Crippen molar-refractivity contribution in [1.29, 1.82) is 0 Å². The van der Waals surface area contributed by atoms with Gasteiger partial charge in [-0.05, 0) is 49.1 Å².